The predicted molar refractivity (Wildman–Crippen MR) is 60.9 cm³/mol. The Hall–Kier alpha value is -1.84. The van der Waals surface area contributed by atoms with Gasteiger partial charge in [0, 0.05) is 17.7 Å². The van der Waals surface area contributed by atoms with Gasteiger partial charge in [0.15, 0.2) is 0 Å². The number of hydrogen-bond acceptors (Lipinski definition) is 2. The summed E-state index contributed by atoms with van der Waals surface area (Å²) >= 11 is 0. The lowest BCUT2D eigenvalue weighted by Gasteiger charge is -2.23. The van der Waals surface area contributed by atoms with Crippen LogP contribution in [-0.4, -0.2) is 11.8 Å². The van der Waals surface area contributed by atoms with Gasteiger partial charge in [0.05, 0.1) is 0 Å². The van der Waals surface area contributed by atoms with Crippen LogP contribution in [0.15, 0.2) is 24.3 Å². The molecule has 84 valence electrons. The number of nitrogens with one attached hydrogen (secondary N) is 2. The van der Waals surface area contributed by atoms with Crippen molar-refractivity contribution in [2.45, 2.75) is 25.8 Å². The summed E-state index contributed by atoms with van der Waals surface area (Å²) in [7, 11) is 0. The van der Waals surface area contributed by atoms with Gasteiger partial charge >= 0.3 is 0 Å². The third-order valence-electron chi connectivity index (χ3n) is 2.88. The summed E-state index contributed by atoms with van der Waals surface area (Å²) in [4.78, 5) is 23.3. The third-order valence-corrected chi connectivity index (χ3v) is 2.88. The Morgan fingerprint density at radius 2 is 2.12 bits per heavy atom. The van der Waals surface area contributed by atoms with Gasteiger partial charge in [-0.25, -0.2) is 0 Å². The highest BCUT2D eigenvalue weighted by Crippen LogP contribution is 2.35. The maximum Gasteiger partial charge on any atom is 0.254 e. The highest BCUT2D eigenvalue weighted by atomic mass is 16.2. The molecule has 1 aromatic rings. The number of anilines is 1. The molecule has 0 bridgehead atoms. The second-order valence-electron chi connectivity index (χ2n) is 4.03. The van der Waals surface area contributed by atoms with Crippen molar-refractivity contribution in [1.29, 1.82) is 0 Å². The van der Waals surface area contributed by atoms with Gasteiger partial charge in [0.1, 0.15) is 5.54 Å². The molecule has 2 N–H and O–H groups in total. The molecular weight excluding hydrogens is 204 g/mol. The number of carbonyl (C=O) groups excluding carboxylic acids is 2. The molecule has 1 unspecified atom stereocenters. The van der Waals surface area contributed by atoms with Crippen molar-refractivity contribution in [3.8, 4) is 0 Å². The molecular formula is C12H14N2O2. The summed E-state index contributed by atoms with van der Waals surface area (Å²) in [6.07, 6.45) is 0.366. The molecule has 1 heterocycles. The van der Waals surface area contributed by atoms with E-state index >= 15 is 0 Å². The van der Waals surface area contributed by atoms with Gasteiger partial charge in [-0.15, -0.1) is 0 Å². The SMILES string of the molecule is CCC(=O)NC1(C)C(=O)Nc2ccccc21. The molecule has 2 rings (SSSR count). The molecule has 2 amide bonds. The van der Waals surface area contributed by atoms with Crippen LogP contribution < -0.4 is 10.6 Å². The fourth-order valence-corrected chi connectivity index (χ4v) is 1.89. The van der Waals surface area contributed by atoms with Gasteiger partial charge in [0.25, 0.3) is 5.91 Å². The molecule has 16 heavy (non-hydrogen) atoms. The summed E-state index contributed by atoms with van der Waals surface area (Å²) in [5, 5.41) is 5.52. The lowest BCUT2D eigenvalue weighted by Crippen LogP contribution is -2.48. The van der Waals surface area contributed by atoms with Gasteiger partial charge in [-0.1, -0.05) is 25.1 Å². The number of benzene rings is 1. The minimum absolute atomic E-state index is 0.130. The van der Waals surface area contributed by atoms with Crippen LogP contribution in [0.2, 0.25) is 0 Å². The van der Waals surface area contributed by atoms with E-state index in [1.807, 2.05) is 24.3 Å². The molecule has 1 aliphatic rings. The highest BCUT2D eigenvalue weighted by Gasteiger charge is 2.43. The number of para-hydroxylation sites is 1. The van der Waals surface area contributed by atoms with Gasteiger partial charge in [-0.2, -0.15) is 0 Å². The van der Waals surface area contributed by atoms with Crippen LogP contribution in [0.25, 0.3) is 0 Å². The maximum atomic E-state index is 11.9. The molecule has 1 aromatic carbocycles. The molecule has 4 nitrogen and oxygen atoms in total. The summed E-state index contributed by atoms with van der Waals surface area (Å²) in [5.74, 6) is -0.315. The van der Waals surface area contributed by atoms with E-state index in [1.54, 1.807) is 13.8 Å². The first-order valence-electron chi connectivity index (χ1n) is 5.30. The topological polar surface area (TPSA) is 58.2 Å². The number of amides is 2. The van der Waals surface area contributed by atoms with Crippen LogP contribution in [0.4, 0.5) is 5.69 Å². The van der Waals surface area contributed by atoms with Crippen molar-refractivity contribution >= 4 is 17.5 Å². The van der Waals surface area contributed by atoms with Crippen molar-refractivity contribution in [1.82, 2.24) is 5.32 Å². The average Bonchev–Trinajstić information content (AvgIpc) is 2.52. The molecule has 0 saturated carbocycles. The Balaban J connectivity index is 2.40. The first-order chi connectivity index (χ1) is 7.58. The fourth-order valence-electron chi connectivity index (χ4n) is 1.89. The smallest absolute Gasteiger partial charge is 0.254 e. The summed E-state index contributed by atoms with van der Waals surface area (Å²) < 4.78 is 0. The van der Waals surface area contributed by atoms with Crippen molar-refractivity contribution < 1.29 is 9.59 Å². The zero-order valence-corrected chi connectivity index (χ0v) is 9.33. The zero-order valence-electron chi connectivity index (χ0n) is 9.33. The van der Waals surface area contributed by atoms with Crippen LogP contribution in [0.3, 0.4) is 0 Å². The van der Waals surface area contributed by atoms with Crippen molar-refractivity contribution in [3.05, 3.63) is 29.8 Å². The normalized spacial score (nSPS) is 22.5. The molecule has 0 aromatic heterocycles. The largest absolute Gasteiger partial charge is 0.338 e. The second-order valence-corrected chi connectivity index (χ2v) is 4.03. The van der Waals surface area contributed by atoms with Crippen LogP contribution in [0.5, 0.6) is 0 Å². The Morgan fingerprint density at radius 1 is 1.44 bits per heavy atom. The minimum atomic E-state index is -0.941. The second kappa shape index (κ2) is 3.63. The van der Waals surface area contributed by atoms with Gasteiger partial charge in [0.2, 0.25) is 5.91 Å². The molecule has 0 aliphatic carbocycles. The Bertz CT molecular complexity index is 456. The predicted octanol–water partition coefficient (Wildman–Crippen LogP) is 1.38. The third kappa shape index (κ3) is 1.46. The number of fused-ring (bicyclic) bond motifs is 1. The first kappa shape index (κ1) is 10.7. The standard InChI is InChI=1S/C12H14N2O2/c1-3-10(15)14-12(2)8-6-4-5-7-9(8)13-11(12)16/h4-7H,3H2,1-2H3,(H,13,16)(H,14,15). The van der Waals surface area contributed by atoms with Crippen LogP contribution in [0, 0.1) is 0 Å². The minimum Gasteiger partial charge on any atom is -0.338 e. The van der Waals surface area contributed by atoms with E-state index < -0.39 is 5.54 Å². The molecule has 0 radical (unpaired) electrons. The molecule has 0 saturated heterocycles. The molecule has 4 heteroatoms. The monoisotopic (exact) mass is 218 g/mol. The van der Waals surface area contributed by atoms with Crippen molar-refractivity contribution in [2.24, 2.45) is 0 Å². The molecule has 1 aliphatic heterocycles. The van der Waals surface area contributed by atoms with E-state index in [0.29, 0.717) is 6.42 Å². The van der Waals surface area contributed by atoms with Crippen LogP contribution in [0.1, 0.15) is 25.8 Å². The zero-order chi connectivity index (χ0) is 11.8. The lowest BCUT2D eigenvalue weighted by molar-refractivity contribution is -0.129. The Labute approximate surface area is 94.0 Å². The van der Waals surface area contributed by atoms with Crippen molar-refractivity contribution in [3.63, 3.8) is 0 Å². The average molecular weight is 218 g/mol. The summed E-state index contributed by atoms with van der Waals surface area (Å²) in [6, 6.07) is 7.39. The van der Waals surface area contributed by atoms with Crippen LogP contribution >= 0.6 is 0 Å². The first-order valence-corrected chi connectivity index (χ1v) is 5.30. The van der Waals surface area contributed by atoms with Crippen LogP contribution in [-0.2, 0) is 15.1 Å². The maximum absolute atomic E-state index is 11.9. The van der Waals surface area contributed by atoms with Gasteiger partial charge < -0.3 is 10.6 Å². The van der Waals surface area contributed by atoms with E-state index in [-0.39, 0.29) is 11.8 Å². The highest BCUT2D eigenvalue weighted by molar-refractivity contribution is 6.07. The summed E-state index contributed by atoms with van der Waals surface area (Å²) in [5.41, 5.74) is 0.650. The van der Waals surface area contributed by atoms with E-state index in [0.717, 1.165) is 11.3 Å². The molecule has 0 fully saturated rings. The Kier molecular flexibility index (Phi) is 2.42. The molecule has 0 spiro atoms. The van der Waals surface area contributed by atoms with Crippen molar-refractivity contribution in [2.75, 3.05) is 5.32 Å². The number of rotatable bonds is 2. The lowest BCUT2D eigenvalue weighted by atomic mass is 9.93. The Morgan fingerprint density at radius 3 is 2.81 bits per heavy atom. The quantitative estimate of drug-likeness (QED) is 0.787. The summed E-state index contributed by atoms with van der Waals surface area (Å²) in [6.45, 7) is 3.49. The van der Waals surface area contributed by atoms with Gasteiger partial charge in [-0.05, 0) is 13.0 Å². The van der Waals surface area contributed by atoms with Gasteiger partial charge in [-0.3, -0.25) is 9.59 Å². The van der Waals surface area contributed by atoms with E-state index in [9.17, 15) is 9.59 Å². The molecule has 1 atom stereocenters. The van der Waals surface area contributed by atoms with E-state index in [4.69, 9.17) is 0 Å². The van der Waals surface area contributed by atoms with E-state index in [1.165, 1.54) is 0 Å². The van der Waals surface area contributed by atoms with E-state index in [2.05, 4.69) is 10.6 Å². The number of carbonyl (C=O) groups is 2. The number of hydrogen-bond donors (Lipinski definition) is 2. The fraction of sp³-hybridized carbons (Fsp3) is 0.333.